The molecule has 0 bridgehead atoms. The van der Waals surface area contributed by atoms with Gasteiger partial charge in [0, 0.05) is 24.9 Å². The lowest BCUT2D eigenvalue weighted by atomic mass is 9.84. The average molecular weight is 359 g/mol. The number of nitrogens with zero attached hydrogens (tertiary/aromatic N) is 1. The lowest BCUT2D eigenvalue weighted by Crippen LogP contribution is -2.51. The summed E-state index contributed by atoms with van der Waals surface area (Å²) in [6.07, 6.45) is 9.11. The van der Waals surface area contributed by atoms with Crippen molar-refractivity contribution in [2.75, 3.05) is 6.61 Å². The first-order valence-electron chi connectivity index (χ1n) is 9.06. The largest absolute Gasteiger partial charge is 0.394 e. The van der Waals surface area contributed by atoms with Crippen molar-refractivity contribution in [3.63, 3.8) is 0 Å². The van der Waals surface area contributed by atoms with Gasteiger partial charge < -0.3 is 20.5 Å². The van der Waals surface area contributed by atoms with Gasteiger partial charge >= 0.3 is 0 Å². The lowest BCUT2D eigenvalue weighted by Gasteiger charge is -2.33. The molecule has 1 saturated carbocycles. The molecule has 0 radical (unpaired) electrons. The van der Waals surface area contributed by atoms with Gasteiger partial charge in [0.15, 0.2) is 0 Å². The van der Waals surface area contributed by atoms with Gasteiger partial charge in [0.25, 0.3) is 0 Å². The van der Waals surface area contributed by atoms with Crippen LogP contribution in [0.3, 0.4) is 0 Å². The third-order valence-corrected chi connectivity index (χ3v) is 4.87. The number of aliphatic hydroxyl groups excluding tert-OH is 1. The molecule has 2 heterocycles. The molecule has 2 amide bonds. The van der Waals surface area contributed by atoms with Crippen molar-refractivity contribution in [1.29, 1.82) is 0 Å². The molecule has 1 aromatic rings. The molecule has 1 aliphatic carbocycles. The van der Waals surface area contributed by atoms with Gasteiger partial charge in [-0.2, -0.15) is 0 Å². The quantitative estimate of drug-likeness (QED) is 0.622. The zero-order chi connectivity index (χ0) is 18.4. The van der Waals surface area contributed by atoms with Gasteiger partial charge in [0.1, 0.15) is 6.10 Å². The molecular formula is C19H25N3O4. The van der Waals surface area contributed by atoms with Gasteiger partial charge in [-0.3, -0.25) is 14.6 Å². The van der Waals surface area contributed by atoms with Crippen LogP contribution in [0.25, 0.3) is 0 Å². The summed E-state index contributed by atoms with van der Waals surface area (Å²) in [6, 6.07) is 3.33. The number of aliphatic hydroxyl groups is 1. The molecule has 3 atom stereocenters. The maximum atomic E-state index is 12.1. The Kier molecular flexibility index (Phi) is 6.35. The van der Waals surface area contributed by atoms with Crippen LogP contribution in [0.15, 0.2) is 36.7 Å². The van der Waals surface area contributed by atoms with Gasteiger partial charge in [-0.25, -0.2) is 0 Å². The van der Waals surface area contributed by atoms with Crippen LogP contribution < -0.4 is 10.6 Å². The van der Waals surface area contributed by atoms with E-state index in [9.17, 15) is 14.7 Å². The van der Waals surface area contributed by atoms with E-state index in [4.69, 9.17) is 4.74 Å². The van der Waals surface area contributed by atoms with Gasteiger partial charge in [-0.05, 0) is 30.5 Å². The van der Waals surface area contributed by atoms with E-state index >= 15 is 0 Å². The number of carbonyl (C=O) groups excluding carboxylic acids is 2. The van der Waals surface area contributed by atoms with Crippen molar-refractivity contribution in [2.24, 2.45) is 5.92 Å². The number of rotatable bonds is 7. The van der Waals surface area contributed by atoms with Crippen molar-refractivity contribution in [3.8, 4) is 0 Å². The summed E-state index contributed by atoms with van der Waals surface area (Å²) >= 11 is 0. The second-order valence-corrected chi connectivity index (χ2v) is 6.78. The van der Waals surface area contributed by atoms with Crippen molar-refractivity contribution in [2.45, 2.75) is 50.5 Å². The SMILES string of the molecule is O=C(C[C@@H]1C=C[C@H](NC(=O)C2CCC2)[C@H](CO)O1)NCc1ccncc1. The predicted molar refractivity (Wildman–Crippen MR) is 94.9 cm³/mol. The lowest BCUT2D eigenvalue weighted by molar-refractivity contribution is -0.132. The first-order chi connectivity index (χ1) is 12.7. The van der Waals surface area contributed by atoms with Crippen molar-refractivity contribution in [1.82, 2.24) is 15.6 Å². The molecule has 3 rings (SSSR count). The Morgan fingerprint density at radius 1 is 1.23 bits per heavy atom. The molecule has 7 heteroatoms. The topological polar surface area (TPSA) is 101 Å². The third kappa shape index (κ3) is 4.89. The molecule has 0 spiro atoms. The maximum Gasteiger partial charge on any atom is 0.223 e. The first-order valence-corrected chi connectivity index (χ1v) is 9.06. The van der Waals surface area contributed by atoms with Crippen LogP contribution in [-0.4, -0.2) is 46.8 Å². The standard InChI is InChI=1S/C19H25N3O4/c23-12-17-16(22-19(25)14-2-1-3-14)5-4-15(26-17)10-18(24)21-11-13-6-8-20-9-7-13/h4-9,14-17,23H,1-3,10-12H2,(H,21,24)(H,22,25)/t15-,16-,17-/m0/s1. The highest BCUT2D eigenvalue weighted by Crippen LogP contribution is 2.27. The maximum absolute atomic E-state index is 12.1. The highest BCUT2D eigenvalue weighted by atomic mass is 16.5. The highest BCUT2D eigenvalue weighted by Gasteiger charge is 2.32. The monoisotopic (exact) mass is 359 g/mol. The minimum Gasteiger partial charge on any atom is -0.394 e. The zero-order valence-electron chi connectivity index (χ0n) is 14.6. The molecule has 1 aliphatic heterocycles. The van der Waals surface area contributed by atoms with E-state index in [1.165, 1.54) is 0 Å². The van der Waals surface area contributed by atoms with E-state index in [2.05, 4.69) is 15.6 Å². The minimum atomic E-state index is -0.540. The summed E-state index contributed by atoms with van der Waals surface area (Å²) in [5.41, 5.74) is 0.973. The van der Waals surface area contributed by atoms with Gasteiger partial charge in [0.2, 0.25) is 11.8 Å². The summed E-state index contributed by atoms with van der Waals surface area (Å²) in [5.74, 6) is -0.0361. The fourth-order valence-corrected chi connectivity index (χ4v) is 3.04. The number of nitrogens with one attached hydrogen (secondary N) is 2. The molecule has 1 aromatic heterocycles. The second kappa shape index (κ2) is 8.91. The fraction of sp³-hybridized carbons (Fsp3) is 0.526. The Balaban J connectivity index is 1.47. The Morgan fingerprint density at radius 2 is 2.00 bits per heavy atom. The molecule has 7 nitrogen and oxygen atoms in total. The number of ether oxygens (including phenoxy) is 1. The second-order valence-electron chi connectivity index (χ2n) is 6.78. The van der Waals surface area contributed by atoms with Crippen LogP contribution in [-0.2, 0) is 20.9 Å². The molecule has 2 aliphatic rings. The van der Waals surface area contributed by atoms with Crippen LogP contribution in [0.1, 0.15) is 31.2 Å². The van der Waals surface area contributed by atoms with Gasteiger partial charge in [-0.15, -0.1) is 0 Å². The Bertz CT molecular complexity index is 645. The average Bonchev–Trinajstić information content (AvgIpc) is 2.60. The van der Waals surface area contributed by atoms with Crippen LogP contribution in [0, 0.1) is 5.92 Å². The summed E-state index contributed by atoms with van der Waals surface area (Å²) in [4.78, 5) is 28.1. The van der Waals surface area contributed by atoms with E-state index in [0.29, 0.717) is 6.54 Å². The number of pyridine rings is 1. The first kappa shape index (κ1) is 18.5. The molecule has 3 N–H and O–H groups in total. The van der Waals surface area contributed by atoms with Crippen LogP contribution in [0.5, 0.6) is 0 Å². The summed E-state index contributed by atoms with van der Waals surface area (Å²) in [6.45, 7) is 0.219. The minimum absolute atomic E-state index is 0.0153. The van der Waals surface area contributed by atoms with Crippen LogP contribution in [0.2, 0.25) is 0 Å². The van der Waals surface area contributed by atoms with Crippen molar-refractivity contribution < 1.29 is 19.4 Å². The van der Waals surface area contributed by atoms with Crippen LogP contribution in [0.4, 0.5) is 0 Å². The molecule has 0 saturated heterocycles. The van der Waals surface area contributed by atoms with Crippen LogP contribution >= 0.6 is 0 Å². The highest BCUT2D eigenvalue weighted by molar-refractivity contribution is 5.80. The fourth-order valence-electron chi connectivity index (χ4n) is 3.04. The van der Waals surface area contributed by atoms with E-state index in [-0.39, 0.29) is 36.8 Å². The van der Waals surface area contributed by atoms with E-state index < -0.39 is 12.2 Å². The third-order valence-electron chi connectivity index (χ3n) is 4.87. The molecule has 0 aromatic carbocycles. The van der Waals surface area contributed by atoms with Gasteiger partial charge in [0.05, 0.1) is 25.2 Å². The number of amides is 2. The molecular weight excluding hydrogens is 334 g/mol. The molecule has 26 heavy (non-hydrogen) atoms. The summed E-state index contributed by atoms with van der Waals surface area (Å²) < 4.78 is 5.78. The summed E-state index contributed by atoms with van der Waals surface area (Å²) in [7, 11) is 0. The van der Waals surface area contributed by atoms with E-state index in [1.807, 2.05) is 18.2 Å². The number of carbonyl (C=O) groups is 2. The Hall–Kier alpha value is -2.25. The molecule has 0 unspecified atom stereocenters. The predicted octanol–water partition coefficient (Wildman–Crippen LogP) is 0.689. The van der Waals surface area contributed by atoms with E-state index in [1.54, 1.807) is 18.5 Å². The number of hydrogen-bond donors (Lipinski definition) is 3. The van der Waals surface area contributed by atoms with Gasteiger partial charge in [-0.1, -0.05) is 18.6 Å². The zero-order valence-corrected chi connectivity index (χ0v) is 14.6. The van der Waals surface area contributed by atoms with Crippen molar-refractivity contribution in [3.05, 3.63) is 42.2 Å². The number of aromatic nitrogens is 1. The summed E-state index contributed by atoms with van der Waals surface area (Å²) in [5, 5.41) is 15.3. The number of hydrogen-bond acceptors (Lipinski definition) is 5. The molecule has 1 fully saturated rings. The Labute approximate surface area is 152 Å². The smallest absolute Gasteiger partial charge is 0.223 e. The van der Waals surface area contributed by atoms with Crippen molar-refractivity contribution >= 4 is 11.8 Å². The molecule has 140 valence electrons. The normalized spacial score (nSPS) is 25.3. The van der Waals surface area contributed by atoms with E-state index in [0.717, 1.165) is 24.8 Å². The Morgan fingerprint density at radius 3 is 2.65 bits per heavy atom.